The predicted molar refractivity (Wildman–Crippen MR) is 79.3 cm³/mol. The van der Waals surface area contributed by atoms with Gasteiger partial charge in [-0.15, -0.1) is 0 Å². The lowest BCUT2D eigenvalue weighted by molar-refractivity contribution is 0.578. The van der Waals surface area contributed by atoms with Crippen molar-refractivity contribution in [3.05, 3.63) is 53.2 Å². The van der Waals surface area contributed by atoms with Crippen LogP contribution in [-0.4, -0.2) is 20.4 Å². The Morgan fingerprint density at radius 3 is 2.65 bits per heavy atom. The van der Waals surface area contributed by atoms with Gasteiger partial charge in [0.05, 0.1) is 5.69 Å². The molecule has 0 unspecified atom stereocenters. The molecule has 0 amide bonds. The minimum atomic E-state index is -3.70. The first-order chi connectivity index (χ1) is 9.54. The molecule has 0 aliphatic heterocycles. The van der Waals surface area contributed by atoms with Gasteiger partial charge in [-0.05, 0) is 23.8 Å². The number of nitrogens with one attached hydrogen (secondary N) is 2. The first kappa shape index (κ1) is 14.8. The smallest absolute Gasteiger partial charge is 0.260 e. The number of hydrogen-bond acceptors (Lipinski definition) is 4. The fourth-order valence-electron chi connectivity index (χ4n) is 1.68. The van der Waals surface area contributed by atoms with Gasteiger partial charge in [0, 0.05) is 24.8 Å². The van der Waals surface area contributed by atoms with E-state index < -0.39 is 10.0 Å². The number of benzene rings is 1. The standard InChI is InChI=1S/C13H14ClN3O2S/c1-15-12-7-4-8-16-13(12)20(18,19)17-9-10-5-2-3-6-11(10)14/h2-8,15,17H,9H2,1H3. The monoisotopic (exact) mass is 311 g/mol. The molecular weight excluding hydrogens is 298 g/mol. The fourth-order valence-corrected chi connectivity index (χ4v) is 3.02. The van der Waals surface area contributed by atoms with Crippen molar-refractivity contribution < 1.29 is 8.42 Å². The fraction of sp³-hybridized carbons (Fsp3) is 0.154. The number of anilines is 1. The second-order valence-electron chi connectivity index (χ2n) is 4.02. The Kier molecular flexibility index (Phi) is 4.59. The van der Waals surface area contributed by atoms with Gasteiger partial charge in [0.2, 0.25) is 0 Å². The topological polar surface area (TPSA) is 71.1 Å². The number of aromatic nitrogens is 1. The molecular formula is C13H14ClN3O2S. The maximum Gasteiger partial charge on any atom is 0.260 e. The molecule has 0 radical (unpaired) electrons. The number of nitrogens with zero attached hydrogens (tertiary/aromatic N) is 1. The van der Waals surface area contributed by atoms with Crippen LogP contribution in [0.15, 0.2) is 47.6 Å². The van der Waals surface area contributed by atoms with Crippen molar-refractivity contribution in [3.8, 4) is 0 Å². The highest BCUT2D eigenvalue weighted by atomic mass is 35.5. The van der Waals surface area contributed by atoms with Crippen LogP contribution in [0.5, 0.6) is 0 Å². The zero-order chi connectivity index (χ0) is 14.6. The van der Waals surface area contributed by atoms with Crippen LogP contribution in [0.3, 0.4) is 0 Å². The molecule has 1 aromatic heterocycles. The van der Waals surface area contributed by atoms with Gasteiger partial charge in [0.15, 0.2) is 5.03 Å². The average molecular weight is 312 g/mol. The summed E-state index contributed by atoms with van der Waals surface area (Å²) in [5.41, 5.74) is 1.15. The summed E-state index contributed by atoms with van der Waals surface area (Å²) >= 11 is 5.99. The first-order valence-corrected chi connectivity index (χ1v) is 7.76. The van der Waals surface area contributed by atoms with E-state index in [4.69, 9.17) is 11.6 Å². The lowest BCUT2D eigenvalue weighted by Gasteiger charge is -2.10. The summed E-state index contributed by atoms with van der Waals surface area (Å²) < 4.78 is 27.0. The highest BCUT2D eigenvalue weighted by Gasteiger charge is 2.19. The van der Waals surface area contributed by atoms with Gasteiger partial charge in [-0.3, -0.25) is 0 Å². The van der Waals surface area contributed by atoms with Crippen molar-refractivity contribution in [3.63, 3.8) is 0 Å². The van der Waals surface area contributed by atoms with E-state index >= 15 is 0 Å². The molecule has 2 N–H and O–H groups in total. The van der Waals surface area contributed by atoms with E-state index in [0.717, 1.165) is 0 Å². The van der Waals surface area contributed by atoms with Crippen LogP contribution in [0.2, 0.25) is 5.02 Å². The number of pyridine rings is 1. The molecule has 0 saturated heterocycles. The average Bonchev–Trinajstić information content (AvgIpc) is 2.46. The van der Waals surface area contributed by atoms with Crippen LogP contribution >= 0.6 is 11.6 Å². The van der Waals surface area contributed by atoms with Crippen molar-refractivity contribution in [2.75, 3.05) is 12.4 Å². The molecule has 7 heteroatoms. The van der Waals surface area contributed by atoms with E-state index in [1.807, 2.05) is 0 Å². The second kappa shape index (κ2) is 6.21. The second-order valence-corrected chi connectivity index (χ2v) is 6.11. The maximum atomic E-state index is 12.2. The Morgan fingerprint density at radius 1 is 1.20 bits per heavy atom. The van der Waals surface area contributed by atoms with Crippen LogP contribution < -0.4 is 10.0 Å². The van der Waals surface area contributed by atoms with Crippen molar-refractivity contribution in [2.45, 2.75) is 11.6 Å². The summed E-state index contributed by atoms with van der Waals surface area (Å²) in [5.74, 6) is 0. The molecule has 2 rings (SSSR count). The molecule has 0 aliphatic rings. The van der Waals surface area contributed by atoms with Gasteiger partial charge in [-0.1, -0.05) is 29.8 Å². The van der Waals surface area contributed by atoms with E-state index in [-0.39, 0.29) is 11.6 Å². The third kappa shape index (κ3) is 3.27. The van der Waals surface area contributed by atoms with E-state index in [9.17, 15) is 8.42 Å². The van der Waals surface area contributed by atoms with Gasteiger partial charge in [-0.2, -0.15) is 0 Å². The van der Waals surface area contributed by atoms with Gasteiger partial charge in [0.1, 0.15) is 0 Å². The Labute approximate surface area is 123 Å². The molecule has 0 aliphatic carbocycles. The Hall–Kier alpha value is -1.63. The SMILES string of the molecule is CNc1cccnc1S(=O)(=O)NCc1ccccc1Cl. The Balaban J connectivity index is 2.22. The molecule has 1 heterocycles. The molecule has 106 valence electrons. The molecule has 5 nitrogen and oxygen atoms in total. The van der Waals surface area contributed by atoms with Crippen molar-refractivity contribution in [2.24, 2.45) is 0 Å². The number of rotatable bonds is 5. The Bertz CT molecular complexity index is 704. The van der Waals surface area contributed by atoms with Gasteiger partial charge in [0.25, 0.3) is 10.0 Å². The molecule has 0 bridgehead atoms. The lowest BCUT2D eigenvalue weighted by Crippen LogP contribution is -2.25. The van der Waals surface area contributed by atoms with Gasteiger partial charge in [-0.25, -0.2) is 18.1 Å². The van der Waals surface area contributed by atoms with Crippen LogP contribution in [0.4, 0.5) is 5.69 Å². The lowest BCUT2D eigenvalue weighted by atomic mass is 10.2. The number of sulfonamides is 1. The molecule has 1 aromatic carbocycles. The normalized spacial score (nSPS) is 11.3. The molecule has 2 aromatic rings. The highest BCUT2D eigenvalue weighted by molar-refractivity contribution is 7.89. The molecule has 0 saturated carbocycles. The zero-order valence-electron chi connectivity index (χ0n) is 10.8. The third-order valence-corrected chi connectivity index (χ3v) is 4.43. The predicted octanol–water partition coefficient (Wildman–Crippen LogP) is 2.26. The van der Waals surface area contributed by atoms with E-state index in [0.29, 0.717) is 16.3 Å². The van der Waals surface area contributed by atoms with Crippen LogP contribution in [0.25, 0.3) is 0 Å². The van der Waals surface area contributed by atoms with E-state index in [2.05, 4.69) is 15.0 Å². The zero-order valence-corrected chi connectivity index (χ0v) is 12.4. The van der Waals surface area contributed by atoms with Crippen LogP contribution in [0, 0.1) is 0 Å². The molecule has 0 spiro atoms. The third-order valence-electron chi connectivity index (χ3n) is 2.71. The number of hydrogen-bond donors (Lipinski definition) is 2. The summed E-state index contributed by atoms with van der Waals surface area (Å²) in [5, 5.41) is 3.29. The first-order valence-electron chi connectivity index (χ1n) is 5.90. The quantitative estimate of drug-likeness (QED) is 0.888. The van der Waals surface area contributed by atoms with Crippen LogP contribution in [-0.2, 0) is 16.6 Å². The minimum Gasteiger partial charge on any atom is -0.386 e. The van der Waals surface area contributed by atoms with Crippen molar-refractivity contribution in [1.29, 1.82) is 0 Å². The van der Waals surface area contributed by atoms with Crippen molar-refractivity contribution >= 4 is 27.3 Å². The van der Waals surface area contributed by atoms with E-state index in [1.165, 1.54) is 6.20 Å². The summed E-state index contributed by atoms with van der Waals surface area (Å²) in [6.45, 7) is 0.113. The van der Waals surface area contributed by atoms with Crippen molar-refractivity contribution in [1.82, 2.24) is 9.71 Å². The summed E-state index contributed by atoms with van der Waals surface area (Å²) in [4.78, 5) is 3.91. The molecule has 0 fully saturated rings. The summed E-state index contributed by atoms with van der Waals surface area (Å²) in [7, 11) is -2.06. The summed E-state index contributed by atoms with van der Waals surface area (Å²) in [6, 6.07) is 10.4. The molecule has 0 atom stereocenters. The van der Waals surface area contributed by atoms with Gasteiger partial charge >= 0.3 is 0 Å². The number of halogens is 1. The maximum absolute atomic E-state index is 12.2. The van der Waals surface area contributed by atoms with Gasteiger partial charge < -0.3 is 5.32 Å². The minimum absolute atomic E-state index is 0.0328. The highest BCUT2D eigenvalue weighted by Crippen LogP contribution is 2.19. The Morgan fingerprint density at radius 2 is 1.95 bits per heavy atom. The largest absolute Gasteiger partial charge is 0.386 e. The molecule has 20 heavy (non-hydrogen) atoms. The summed E-state index contributed by atoms with van der Waals surface area (Å²) in [6.07, 6.45) is 1.44. The van der Waals surface area contributed by atoms with Crippen LogP contribution in [0.1, 0.15) is 5.56 Å². The van der Waals surface area contributed by atoms with E-state index in [1.54, 1.807) is 43.4 Å².